The van der Waals surface area contributed by atoms with Crippen LogP contribution in [-0.4, -0.2) is 17.0 Å². The molecule has 0 unspecified atom stereocenters. The van der Waals surface area contributed by atoms with E-state index in [2.05, 4.69) is 18.9 Å². The average Bonchev–Trinajstić information content (AvgIpc) is 1.89. The molecule has 0 fully saturated rings. The summed E-state index contributed by atoms with van der Waals surface area (Å²) in [6, 6.07) is 0. The normalized spacial score (nSPS) is 7.00. The van der Waals surface area contributed by atoms with Crippen molar-refractivity contribution in [3.63, 3.8) is 0 Å². The van der Waals surface area contributed by atoms with Crippen molar-refractivity contribution >= 4 is 11.9 Å². The highest BCUT2D eigenvalue weighted by Crippen LogP contribution is 1.86. The summed E-state index contributed by atoms with van der Waals surface area (Å²) in [5.41, 5.74) is 4.53. The van der Waals surface area contributed by atoms with E-state index in [9.17, 15) is 14.0 Å². The van der Waals surface area contributed by atoms with Crippen molar-refractivity contribution in [3.05, 3.63) is 25.1 Å². The van der Waals surface area contributed by atoms with Crippen LogP contribution in [0.5, 0.6) is 0 Å². The molecule has 0 radical (unpaired) electrons. The van der Waals surface area contributed by atoms with Crippen molar-refractivity contribution in [2.45, 2.75) is 0 Å². The van der Waals surface area contributed by atoms with Gasteiger partial charge < -0.3 is 10.8 Å². The van der Waals surface area contributed by atoms with Gasteiger partial charge >= 0.3 is 5.97 Å². The van der Waals surface area contributed by atoms with Crippen LogP contribution in [0.1, 0.15) is 0 Å². The first kappa shape index (κ1) is 12.1. The Morgan fingerprint density at radius 2 is 1.73 bits per heavy atom. The van der Waals surface area contributed by atoms with Gasteiger partial charge in [-0.05, 0) is 6.08 Å². The summed E-state index contributed by atoms with van der Waals surface area (Å²) >= 11 is 0. The SMILES string of the molecule is C=C(F)C(=O)O.C=CC(N)=O. The second kappa shape index (κ2) is 6.47. The summed E-state index contributed by atoms with van der Waals surface area (Å²) in [5, 5.41) is 7.52. The first-order chi connectivity index (χ1) is 4.91. The zero-order valence-electron chi connectivity index (χ0n) is 5.71. The lowest BCUT2D eigenvalue weighted by Gasteiger charge is -1.75. The molecule has 0 spiro atoms. The fraction of sp³-hybridized carbons (Fsp3) is 0. The second-order valence-electron chi connectivity index (χ2n) is 1.32. The zero-order valence-corrected chi connectivity index (χ0v) is 5.71. The van der Waals surface area contributed by atoms with Crippen LogP contribution in [0.25, 0.3) is 0 Å². The number of carboxylic acids is 1. The molecule has 0 heterocycles. The molecule has 5 heteroatoms. The molecule has 0 bridgehead atoms. The Balaban J connectivity index is 0. The van der Waals surface area contributed by atoms with Gasteiger partial charge in [-0.25, -0.2) is 4.79 Å². The second-order valence-corrected chi connectivity index (χ2v) is 1.32. The number of halogens is 1. The van der Waals surface area contributed by atoms with Gasteiger partial charge in [-0.3, -0.25) is 4.79 Å². The van der Waals surface area contributed by atoms with Gasteiger partial charge in [-0.1, -0.05) is 13.2 Å². The van der Waals surface area contributed by atoms with E-state index in [1.54, 1.807) is 0 Å². The van der Waals surface area contributed by atoms with Gasteiger partial charge in [0, 0.05) is 0 Å². The number of nitrogens with two attached hydrogens (primary N) is 1. The van der Waals surface area contributed by atoms with E-state index in [0.29, 0.717) is 0 Å². The molecule has 1 amide bonds. The van der Waals surface area contributed by atoms with Gasteiger partial charge in [0.2, 0.25) is 11.7 Å². The number of rotatable bonds is 2. The average molecular weight is 161 g/mol. The number of aliphatic carboxylic acids is 1. The third kappa shape index (κ3) is 17.8. The lowest BCUT2D eigenvalue weighted by molar-refractivity contribution is -0.134. The molecule has 0 aliphatic rings. The number of amides is 1. The van der Waals surface area contributed by atoms with Crippen molar-refractivity contribution in [3.8, 4) is 0 Å². The summed E-state index contributed by atoms with van der Waals surface area (Å²) in [5.74, 6) is -3.41. The molecule has 0 aromatic rings. The van der Waals surface area contributed by atoms with Crippen molar-refractivity contribution in [2.24, 2.45) is 5.73 Å². The maximum absolute atomic E-state index is 11.0. The molecule has 0 atom stereocenters. The molecule has 0 aliphatic heterocycles. The van der Waals surface area contributed by atoms with Crippen LogP contribution < -0.4 is 5.73 Å². The highest BCUT2D eigenvalue weighted by molar-refractivity contribution is 5.85. The van der Waals surface area contributed by atoms with E-state index in [1.165, 1.54) is 0 Å². The predicted molar refractivity (Wildman–Crippen MR) is 37.3 cm³/mol. The molecular weight excluding hydrogens is 153 g/mol. The standard InChI is InChI=1S/C3H3FO2.C3H5NO/c1-2(4)3(5)6;1-2-3(4)5/h1H2,(H,5,6);2H,1H2,(H2,4,5). The summed E-state index contributed by atoms with van der Waals surface area (Å²) in [6.45, 7) is 5.57. The molecule has 0 rings (SSSR count). The van der Waals surface area contributed by atoms with Crippen molar-refractivity contribution in [1.82, 2.24) is 0 Å². The smallest absolute Gasteiger partial charge is 0.364 e. The number of hydrogen-bond acceptors (Lipinski definition) is 2. The molecule has 3 N–H and O–H groups in total. The molecule has 4 nitrogen and oxygen atoms in total. The van der Waals surface area contributed by atoms with E-state index in [1.807, 2.05) is 0 Å². The maximum atomic E-state index is 11.0. The Labute approximate surface area is 62.8 Å². The van der Waals surface area contributed by atoms with Crippen molar-refractivity contribution in [2.75, 3.05) is 0 Å². The summed E-state index contributed by atoms with van der Waals surface area (Å²) in [6.07, 6.45) is 1.06. The van der Waals surface area contributed by atoms with Crippen LogP contribution in [0.2, 0.25) is 0 Å². The number of primary amides is 1. The number of carboxylic acid groups (broad SMARTS) is 1. The molecule has 62 valence electrons. The monoisotopic (exact) mass is 161 g/mol. The van der Waals surface area contributed by atoms with Gasteiger partial charge in [0.15, 0.2) is 0 Å². The maximum Gasteiger partial charge on any atom is 0.364 e. The van der Waals surface area contributed by atoms with Crippen LogP contribution >= 0.6 is 0 Å². The lowest BCUT2D eigenvalue weighted by atomic mass is 10.6. The Morgan fingerprint density at radius 3 is 1.73 bits per heavy atom. The Morgan fingerprint density at radius 1 is 1.55 bits per heavy atom. The topological polar surface area (TPSA) is 80.4 Å². The fourth-order valence-corrected chi connectivity index (χ4v) is 0. The minimum Gasteiger partial charge on any atom is -0.476 e. The van der Waals surface area contributed by atoms with E-state index in [4.69, 9.17) is 5.11 Å². The predicted octanol–water partition coefficient (Wildman–Crippen LogP) is 0.212. The summed E-state index contributed by atoms with van der Waals surface area (Å²) in [4.78, 5) is 18.7. The minimum absolute atomic E-state index is 0.481. The van der Waals surface area contributed by atoms with Crippen molar-refractivity contribution in [1.29, 1.82) is 0 Å². The van der Waals surface area contributed by atoms with Gasteiger partial charge in [0.05, 0.1) is 0 Å². The van der Waals surface area contributed by atoms with Crippen molar-refractivity contribution < 1.29 is 19.1 Å². The molecule has 0 aromatic carbocycles. The lowest BCUT2D eigenvalue weighted by Crippen LogP contribution is -2.04. The Kier molecular flexibility index (Phi) is 7.10. The fourth-order valence-electron chi connectivity index (χ4n) is 0. The van der Waals surface area contributed by atoms with Crippen LogP contribution in [0, 0.1) is 0 Å². The highest BCUT2D eigenvalue weighted by Gasteiger charge is 1.96. The molecular formula is C6H8FNO3. The molecule has 0 saturated heterocycles. The number of carbonyl (C=O) groups is 2. The molecule has 0 aromatic heterocycles. The molecule has 0 aliphatic carbocycles. The van der Waals surface area contributed by atoms with E-state index < -0.39 is 17.7 Å². The highest BCUT2D eigenvalue weighted by atomic mass is 19.1. The number of hydrogen-bond donors (Lipinski definition) is 2. The van der Waals surface area contributed by atoms with Gasteiger partial charge in [-0.2, -0.15) is 4.39 Å². The van der Waals surface area contributed by atoms with E-state index >= 15 is 0 Å². The zero-order chi connectivity index (χ0) is 9.44. The van der Waals surface area contributed by atoms with Gasteiger partial charge in [0.1, 0.15) is 0 Å². The van der Waals surface area contributed by atoms with Crippen LogP contribution in [0.4, 0.5) is 4.39 Å². The number of carbonyl (C=O) groups excluding carboxylic acids is 1. The van der Waals surface area contributed by atoms with Crippen LogP contribution in [0.3, 0.4) is 0 Å². The third-order valence-corrected chi connectivity index (χ3v) is 0.433. The Bertz CT molecular complexity index is 176. The molecule has 11 heavy (non-hydrogen) atoms. The van der Waals surface area contributed by atoms with Crippen LogP contribution in [0.15, 0.2) is 25.1 Å². The van der Waals surface area contributed by atoms with Gasteiger partial charge in [0.25, 0.3) is 0 Å². The summed E-state index contributed by atoms with van der Waals surface area (Å²) < 4.78 is 11.0. The van der Waals surface area contributed by atoms with E-state index in [0.717, 1.165) is 6.08 Å². The third-order valence-electron chi connectivity index (χ3n) is 0.433. The first-order valence-electron chi connectivity index (χ1n) is 2.41. The largest absolute Gasteiger partial charge is 0.476 e. The first-order valence-corrected chi connectivity index (χ1v) is 2.41. The van der Waals surface area contributed by atoms with E-state index in [-0.39, 0.29) is 0 Å². The quantitative estimate of drug-likeness (QED) is 0.568. The Hall–Kier alpha value is -1.65. The minimum atomic E-state index is -1.60. The van der Waals surface area contributed by atoms with Gasteiger partial charge in [-0.15, -0.1) is 0 Å². The summed E-state index contributed by atoms with van der Waals surface area (Å²) in [7, 11) is 0. The molecule has 0 saturated carbocycles. The van der Waals surface area contributed by atoms with Crippen LogP contribution in [-0.2, 0) is 9.59 Å².